The normalized spacial score (nSPS) is 15.7. The van der Waals surface area contributed by atoms with Gasteiger partial charge >= 0.3 is 0 Å². The van der Waals surface area contributed by atoms with E-state index in [-0.39, 0.29) is 0 Å². The summed E-state index contributed by atoms with van der Waals surface area (Å²) in [5.41, 5.74) is 9.75. The van der Waals surface area contributed by atoms with Crippen molar-refractivity contribution in [2.24, 2.45) is 0 Å². The number of fused-ring (bicyclic) bond motifs is 1. The second-order valence-corrected chi connectivity index (χ2v) is 6.33. The monoisotopic (exact) mass is 318 g/mol. The van der Waals surface area contributed by atoms with Crippen LogP contribution in [-0.4, -0.2) is 36.1 Å². The van der Waals surface area contributed by atoms with Gasteiger partial charge in [0.1, 0.15) is 5.82 Å². The number of hydrogen-bond donors (Lipinski definition) is 2. The predicted octanol–water partition coefficient (Wildman–Crippen LogP) is 2.89. The average Bonchev–Trinajstić information content (AvgIpc) is 2.64. The van der Waals surface area contributed by atoms with Crippen LogP contribution in [0, 0.1) is 0 Å². The molecule has 0 radical (unpaired) electrons. The van der Waals surface area contributed by atoms with Crippen molar-refractivity contribution in [1.82, 2.24) is 15.2 Å². The lowest BCUT2D eigenvalue weighted by Crippen LogP contribution is -2.42. The van der Waals surface area contributed by atoms with Crippen molar-refractivity contribution in [1.29, 1.82) is 0 Å². The van der Waals surface area contributed by atoms with E-state index in [9.17, 15) is 0 Å². The first kappa shape index (κ1) is 15.1. The third-order valence-corrected chi connectivity index (χ3v) is 4.68. The van der Waals surface area contributed by atoms with E-state index in [1.165, 1.54) is 16.5 Å². The van der Waals surface area contributed by atoms with Gasteiger partial charge in [0.05, 0.1) is 0 Å². The third kappa shape index (κ3) is 2.98. The van der Waals surface area contributed by atoms with Gasteiger partial charge in [0, 0.05) is 49.9 Å². The fourth-order valence-corrected chi connectivity index (χ4v) is 3.38. The average molecular weight is 318 g/mol. The van der Waals surface area contributed by atoms with Crippen LogP contribution in [0.3, 0.4) is 0 Å². The zero-order valence-electron chi connectivity index (χ0n) is 13.7. The number of nitrogens with one attached hydrogen (secondary N) is 1. The van der Waals surface area contributed by atoms with E-state index >= 15 is 0 Å². The molecule has 1 aromatic heterocycles. The fourth-order valence-electron chi connectivity index (χ4n) is 3.38. The van der Waals surface area contributed by atoms with Crippen molar-refractivity contribution in [3.8, 4) is 11.1 Å². The minimum absolute atomic E-state index is 0.596. The van der Waals surface area contributed by atoms with Gasteiger partial charge in [-0.3, -0.25) is 4.90 Å². The topological polar surface area (TPSA) is 54.2 Å². The highest BCUT2D eigenvalue weighted by Gasteiger charge is 2.12. The lowest BCUT2D eigenvalue weighted by Gasteiger charge is -2.27. The molecule has 4 rings (SSSR count). The number of aromatic nitrogens is 1. The minimum atomic E-state index is 0.596. The Bertz CT molecular complexity index is 839. The van der Waals surface area contributed by atoms with Crippen LogP contribution in [0.5, 0.6) is 0 Å². The molecule has 0 saturated carbocycles. The quantitative estimate of drug-likeness (QED) is 0.780. The van der Waals surface area contributed by atoms with E-state index in [1.54, 1.807) is 0 Å². The summed E-state index contributed by atoms with van der Waals surface area (Å²) >= 11 is 0. The molecule has 2 aromatic carbocycles. The van der Waals surface area contributed by atoms with Gasteiger partial charge in [0.25, 0.3) is 0 Å². The Balaban J connectivity index is 1.76. The number of benzene rings is 2. The summed E-state index contributed by atoms with van der Waals surface area (Å²) in [6.45, 7) is 5.32. The van der Waals surface area contributed by atoms with Crippen LogP contribution in [0.2, 0.25) is 0 Å². The zero-order chi connectivity index (χ0) is 16.4. The van der Waals surface area contributed by atoms with Gasteiger partial charge in [-0.05, 0) is 22.6 Å². The molecule has 1 aliphatic rings. The van der Waals surface area contributed by atoms with Crippen molar-refractivity contribution in [2.45, 2.75) is 6.54 Å². The molecule has 0 atom stereocenters. The number of nitrogen functional groups attached to an aromatic ring is 1. The van der Waals surface area contributed by atoms with E-state index in [0.29, 0.717) is 5.82 Å². The van der Waals surface area contributed by atoms with Crippen molar-refractivity contribution in [3.63, 3.8) is 0 Å². The second-order valence-electron chi connectivity index (χ2n) is 6.33. The van der Waals surface area contributed by atoms with Crippen LogP contribution in [0.1, 0.15) is 5.56 Å². The minimum Gasteiger partial charge on any atom is -0.383 e. The van der Waals surface area contributed by atoms with E-state index in [0.717, 1.165) is 43.7 Å². The molecule has 0 aliphatic carbocycles. The maximum absolute atomic E-state index is 6.11. The van der Waals surface area contributed by atoms with Crippen molar-refractivity contribution in [3.05, 3.63) is 60.3 Å². The van der Waals surface area contributed by atoms with E-state index in [2.05, 4.69) is 57.7 Å². The Morgan fingerprint density at radius 2 is 1.79 bits per heavy atom. The highest BCUT2D eigenvalue weighted by molar-refractivity contribution is 6.01. The number of anilines is 1. The van der Waals surface area contributed by atoms with Crippen LogP contribution < -0.4 is 11.1 Å². The summed E-state index contributed by atoms with van der Waals surface area (Å²) in [4.78, 5) is 6.88. The smallest absolute Gasteiger partial charge is 0.131 e. The highest BCUT2D eigenvalue weighted by atomic mass is 15.2. The zero-order valence-corrected chi connectivity index (χ0v) is 13.7. The molecular formula is C20H22N4. The summed E-state index contributed by atoms with van der Waals surface area (Å²) < 4.78 is 0. The standard InChI is InChI=1S/C20H22N4/c21-20-17-7-6-15(14-24-10-8-22-9-11-24)12-18(17)19(13-23-20)16-4-2-1-3-5-16/h1-7,12-13,22H,8-11,14H2,(H2,21,23). The molecule has 4 heteroatoms. The molecular weight excluding hydrogens is 296 g/mol. The van der Waals surface area contributed by atoms with Crippen LogP contribution in [0.15, 0.2) is 54.7 Å². The van der Waals surface area contributed by atoms with Gasteiger partial charge in [-0.25, -0.2) is 4.98 Å². The first-order valence-electron chi connectivity index (χ1n) is 8.47. The van der Waals surface area contributed by atoms with E-state index in [1.807, 2.05) is 12.3 Å². The van der Waals surface area contributed by atoms with Gasteiger partial charge in [0.2, 0.25) is 0 Å². The Labute approximate surface area is 142 Å². The van der Waals surface area contributed by atoms with Crippen LogP contribution in [0.25, 0.3) is 21.9 Å². The lowest BCUT2D eigenvalue weighted by molar-refractivity contribution is 0.233. The first-order chi connectivity index (χ1) is 11.8. The molecule has 1 saturated heterocycles. The highest BCUT2D eigenvalue weighted by Crippen LogP contribution is 2.31. The Morgan fingerprint density at radius 3 is 2.58 bits per heavy atom. The molecule has 0 spiro atoms. The number of piperazine rings is 1. The van der Waals surface area contributed by atoms with Gasteiger partial charge in [0.15, 0.2) is 0 Å². The van der Waals surface area contributed by atoms with Gasteiger partial charge < -0.3 is 11.1 Å². The van der Waals surface area contributed by atoms with Crippen molar-refractivity contribution < 1.29 is 0 Å². The summed E-state index contributed by atoms with van der Waals surface area (Å²) in [6, 6.07) is 17.0. The molecule has 0 bridgehead atoms. The molecule has 4 nitrogen and oxygen atoms in total. The first-order valence-corrected chi connectivity index (χ1v) is 8.47. The summed E-state index contributed by atoms with van der Waals surface area (Å²) in [6.07, 6.45) is 1.89. The second kappa shape index (κ2) is 6.59. The van der Waals surface area contributed by atoms with Gasteiger partial charge in [-0.15, -0.1) is 0 Å². The molecule has 2 heterocycles. The maximum Gasteiger partial charge on any atom is 0.131 e. The molecule has 1 aliphatic heterocycles. The molecule has 0 unspecified atom stereocenters. The van der Waals surface area contributed by atoms with Gasteiger partial charge in [-0.2, -0.15) is 0 Å². The third-order valence-electron chi connectivity index (χ3n) is 4.68. The summed E-state index contributed by atoms with van der Waals surface area (Å²) in [5.74, 6) is 0.596. The number of hydrogen-bond acceptors (Lipinski definition) is 4. The molecule has 0 amide bonds. The van der Waals surface area contributed by atoms with Gasteiger partial charge in [-0.1, -0.05) is 42.5 Å². The Morgan fingerprint density at radius 1 is 1.00 bits per heavy atom. The summed E-state index contributed by atoms with van der Waals surface area (Å²) in [7, 11) is 0. The van der Waals surface area contributed by atoms with E-state index < -0.39 is 0 Å². The molecule has 3 N–H and O–H groups in total. The SMILES string of the molecule is Nc1ncc(-c2ccccc2)c2cc(CN3CCNCC3)ccc12. The van der Waals surface area contributed by atoms with Crippen LogP contribution >= 0.6 is 0 Å². The molecule has 122 valence electrons. The number of nitrogens with two attached hydrogens (primary N) is 1. The number of nitrogens with zero attached hydrogens (tertiary/aromatic N) is 2. The predicted molar refractivity (Wildman–Crippen MR) is 99.7 cm³/mol. The Hall–Kier alpha value is -2.43. The number of pyridine rings is 1. The van der Waals surface area contributed by atoms with Crippen LogP contribution in [-0.2, 0) is 6.54 Å². The lowest BCUT2D eigenvalue weighted by atomic mass is 9.98. The molecule has 3 aromatic rings. The maximum atomic E-state index is 6.11. The molecule has 1 fully saturated rings. The Kier molecular flexibility index (Phi) is 4.15. The van der Waals surface area contributed by atoms with E-state index in [4.69, 9.17) is 5.73 Å². The largest absolute Gasteiger partial charge is 0.383 e. The summed E-state index contributed by atoms with van der Waals surface area (Å²) in [5, 5.41) is 5.61. The van der Waals surface area contributed by atoms with Crippen LogP contribution in [0.4, 0.5) is 5.82 Å². The van der Waals surface area contributed by atoms with Crippen molar-refractivity contribution >= 4 is 16.6 Å². The number of rotatable bonds is 3. The molecule has 24 heavy (non-hydrogen) atoms. The fraction of sp³-hybridized carbons (Fsp3) is 0.250. The van der Waals surface area contributed by atoms with Crippen molar-refractivity contribution in [2.75, 3.05) is 31.9 Å².